The maximum absolute atomic E-state index is 13.1. The lowest BCUT2D eigenvalue weighted by molar-refractivity contribution is -0.177. The van der Waals surface area contributed by atoms with Crippen molar-refractivity contribution in [1.82, 2.24) is 4.90 Å². The van der Waals surface area contributed by atoms with E-state index in [1.54, 1.807) is 7.05 Å². The molecule has 2 bridgehead atoms. The number of carbonyl (C=O) groups is 3. The SMILES string of the molecule is CN1C(=O)C2(C)CC(C)(C(=O)Nc3ccccc3Br)CC(C)(C2)C1=O. The van der Waals surface area contributed by atoms with Gasteiger partial charge in [-0.15, -0.1) is 0 Å². The van der Waals surface area contributed by atoms with Crippen molar-refractivity contribution in [3.63, 3.8) is 0 Å². The summed E-state index contributed by atoms with van der Waals surface area (Å²) in [6.45, 7) is 5.61. The van der Waals surface area contributed by atoms with Crippen molar-refractivity contribution in [3.05, 3.63) is 28.7 Å². The summed E-state index contributed by atoms with van der Waals surface area (Å²) in [6, 6.07) is 7.41. The van der Waals surface area contributed by atoms with Crippen LogP contribution in [-0.2, 0) is 14.4 Å². The van der Waals surface area contributed by atoms with E-state index in [1.165, 1.54) is 4.90 Å². The number of imide groups is 1. The lowest BCUT2D eigenvalue weighted by Gasteiger charge is -2.55. The summed E-state index contributed by atoms with van der Waals surface area (Å²) in [4.78, 5) is 39.7. The van der Waals surface area contributed by atoms with Gasteiger partial charge in [0.2, 0.25) is 17.7 Å². The molecule has 0 spiro atoms. The van der Waals surface area contributed by atoms with Gasteiger partial charge in [0.25, 0.3) is 0 Å². The van der Waals surface area contributed by atoms with E-state index in [0.717, 1.165) is 4.47 Å². The fourth-order valence-electron chi connectivity index (χ4n) is 4.97. The van der Waals surface area contributed by atoms with Crippen LogP contribution in [0.25, 0.3) is 0 Å². The number of nitrogens with zero attached hydrogens (tertiary/aromatic N) is 1. The number of nitrogens with one attached hydrogen (secondary N) is 1. The Morgan fingerprint density at radius 3 is 2.08 bits per heavy atom. The highest BCUT2D eigenvalue weighted by Gasteiger charge is 2.62. The van der Waals surface area contributed by atoms with Crippen molar-refractivity contribution in [2.75, 3.05) is 12.4 Å². The highest BCUT2D eigenvalue weighted by molar-refractivity contribution is 9.10. The van der Waals surface area contributed by atoms with E-state index in [1.807, 2.05) is 45.0 Å². The van der Waals surface area contributed by atoms with Crippen LogP contribution in [0.3, 0.4) is 0 Å². The molecule has 0 aromatic heterocycles. The molecule has 134 valence electrons. The number of likely N-dealkylation sites (tertiary alicyclic amines) is 1. The Hall–Kier alpha value is -1.69. The van der Waals surface area contributed by atoms with Crippen LogP contribution in [0.15, 0.2) is 28.7 Å². The lowest BCUT2D eigenvalue weighted by atomic mass is 9.51. The normalized spacial score (nSPS) is 34.8. The van der Waals surface area contributed by atoms with Gasteiger partial charge in [-0.3, -0.25) is 19.3 Å². The summed E-state index contributed by atoms with van der Waals surface area (Å²) in [5, 5.41) is 2.96. The lowest BCUT2D eigenvalue weighted by Crippen LogP contribution is -2.63. The van der Waals surface area contributed by atoms with E-state index in [-0.39, 0.29) is 17.7 Å². The minimum Gasteiger partial charge on any atom is -0.325 e. The third-order valence-corrected chi connectivity index (χ3v) is 6.34. The Kier molecular flexibility index (Phi) is 4.10. The van der Waals surface area contributed by atoms with Crippen LogP contribution in [-0.4, -0.2) is 29.7 Å². The summed E-state index contributed by atoms with van der Waals surface area (Å²) in [5.74, 6) is -0.522. The second-order valence-electron chi connectivity index (χ2n) is 8.32. The smallest absolute Gasteiger partial charge is 0.234 e. The first-order valence-corrected chi connectivity index (χ1v) is 9.19. The van der Waals surface area contributed by atoms with Gasteiger partial charge in [0, 0.05) is 27.8 Å². The molecule has 1 aliphatic heterocycles. The Morgan fingerprint density at radius 1 is 1.04 bits per heavy atom. The monoisotopic (exact) mass is 406 g/mol. The molecule has 1 heterocycles. The summed E-state index contributed by atoms with van der Waals surface area (Å²) < 4.78 is 0.798. The fourth-order valence-corrected chi connectivity index (χ4v) is 5.36. The van der Waals surface area contributed by atoms with E-state index in [0.29, 0.717) is 24.9 Å². The van der Waals surface area contributed by atoms with Crippen molar-refractivity contribution in [2.24, 2.45) is 16.2 Å². The molecule has 1 saturated heterocycles. The Morgan fingerprint density at radius 2 is 1.56 bits per heavy atom. The van der Waals surface area contributed by atoms with E-state index in [2.05, 4.69) is 21.2 Å². The van der Waals surface area contributed by atoms with Crippen molar-refractivity contribution in [3.8, 4) is 0 Å². The number of hydrogen-bond donors (Lipinski definition) is 1. The standard InChI is InChI=1S/C19H23BrN2O3/c1-17(14(23)21-13-8-6-5-7-12(13)20)9-18(2)11-19(3,10-17)16(25)22(4)15(18)24/h5-8H,9-11H2,1-4H3,(H,21,23). The molecule has 25 heavy (non-hydrogen) atoms. The van der Waals surface area contributed by atoms with Gasteiger partial charge in [-0.1, -0.05) is 32.9 Å². The number of piperidine rings is 1. The number of halogens is 1. The van der Waals surface area contributed by atoms with E-state index in [9.17, 15) is 14.4 Å². The maximum atomic E-state index is 13.1. The average molecular weight is 407 g/mol. The van der Waals surface area contributed by atoms with Gasteiger partial charge >= 0.3 is 0 Å². The number of fused-ring (bicyclic) bond motifs is 2. The molecule has 2 unspecified atom stereocenters. The van der Waals surface area contributed by atoms with Crippen molar-refractivity contribution in [2.45, 2.75) is 40.0 Å². The summed E-state index contributed by atoms with van der Waals surface area (Å²) in [6.07, 6.45) is 1.37. The molecule has 2 aliphatic rings. The van der Waals surface area contributed by atoms with E-state index >= 15 is 0 Å². The zero-order chi connectivity index (χ0) is 18.6. The molecule has 5 nitrogen and oxygen atoms in total. The summed E-state index contributed by atoms with van der Waals surface area (Å²) >= 11 is 3.43. The predicted octanol–water partition coefficient (Wildman–Crippen LogP) is 3.59. The van der Waals surface area contributed by atoms with Crippen LogP contribution in [0, 0.1) is 16.2 Å². The van der Waals surface area contributed by atoms with Gasteiger partial charge < -0.3 is 5.32 Å². The largest absolute Gasteiger partial charge is 0.325 e. The Bertz CT molecular complexity index is 748. The highest BCUT2D eigenvalue weighted by atomic mass is 79.9. The number of para-hydroxylation sites is 1. The molecular weight excluding hydrogens is 384 g/mol. The van der Waals surface area contributed by atoms with Crippen LogP contribution >= 0.6 is 15.9 Å². The second-order valence-corrected chi connectivity index (χ2v) is 9.17. The second kappa shape index (κ2) is 5.66. The van der Waals surface area contributed by atoms with Crippen molar-refractivity contribution >= 4 is 39.3 Å². The molecule has 1 saturated carbocycles. The number of anilines is 1. The van der Waals surface area contributed by atoms with Gasteiger partial charge in [-0.2, -0.15) is 0 Å². The number of hydrogen-bond acceptors (Lipinski definition) is 3. The molecule has 2 fully saturated rings. The average Bonchev–Trinajstić information content (AvgIpc) is 2.52. The quantitative estimate of drug-likeness (QED) is 0.762. The van der Waals surface area contributed by atoms with E-state index in [4.69, 9.17) is 0 Å². The van der Waals surface area contributed by atoms with Gasteiger partial charge in [-0.05, 0) is 47.3 Å². The minimum atomic E-state index is -0.788. The molecule has 1 aromatic rings. The Balaban J connectivity index is 1.94. The first-order chi connectivity index (χ1) is 11.5. The first kappa shape index (κ1) is 18.1. The third-order valence-electron chi connectivity index (χ3n) is 5.65. The predicted molar refractivity (Wildman–Crippen MR) is 98.7 cm³/mol. The molecule has 2 atom stereocenters. The number of benzene rings is 1. The minimum absolute atomic E-state index is 0.151. The number of amides is 3. The molecule has 0 radical (unpaired) electrons. The Labute approximate surface area is 156 Å². The van der Waals surface area contributed by atoms with Crippen molar-refractivity contribution in [1.29, 1.82) is 0 Å². The van der Waals surface area contributed by atoms with Gasteiger partial charge in [-0.25, -0.2) is 0 Å². The molecule has 1 aliphatic carbocycles. The van der Waals surface area contributed by atoms with Crippen LogP contribution < -0.4 is 5.32 Å². The summed E-state index contributed by atoms with van der Waals surface area (Å²) in [7, 11) is 1.55. The first-order valence-electron chi connectivity index (χ1n) is 8.39. The fraction of sp³-hybridized carbons (Fsp3) is 0.526. The van der Waals surface area contributed by atoms with Crippen LogP contribution in [0.5, 0.6) is 0 Å². The number of carbonyl (C=O) groups excluding carboxylic acids is 3. The summed E-state index contributed by atoms with van der Waals surface area (Å²) in [5.41, 5.74) is -1.50. The van der Waals surface area contributed by atoms with Crippen LogP contribution in [0.2, 0.25) is 0 Å². The molecule has 6 heteroatoms. The maximum Gasteiger partial charge on any atom is 0.234 e. The van der Waals surface area contributed by atoms with E-state index < -0.39 is 16.2 Å². The molecule has 3 rings (SSSR count). The molecule has 3 amide bonds. The molecular formula is C19H23BrN2O3. The van der Waals surface area contributed by atoms with Crippen molar-refractivity contribution < 1.29 is 14.4 Å². The number of rotatable bonds is 2. The van der Waals surface area contributed by atoms with Crippen LogP contribution in [0.1, 0.15) is 40.0 Å². The topological polar surface area (TPSA) is 66.5 Å². The zero-order valence-electron chi connectivity index (χ0n) is 15.0. The van der Waals surface area contributed by atoms with Gasteiger partial charge in [0.1, 0.15) is 0 Å². The highest BCUT2D eigenvalue weighted by Crippen LogP contribution is 2.58. The molecule has 1 aromatic carbocycles. The third kappa shape index (κ3) is 2.80. The zero-order valence-corrected chi connectivity index (χ0v) is 16.6. The van der Waals surface area contributed by atoms with Gasteiger partial charge in [0.15, 0.2) is 0 Å². The van der Waals surface area contributed by atoms with Crippen LogP contribution in [0.4, 0.5) is 5.69 Å². The molecule has 1 N–H and O–H groups in total. The van der Waals surface area contributed by atoms with Gasteiger partial charge in [0.05, 0.1) is 5.69 Å².